The molecule has 398 valence electrons. The van der Waals surface area contributed by atoms with Gasteiger partial charge in [0.15, 0.2) is 0 Å². The van der Waals surface area contributed by atoms with Gasteiger partial charge in [0.25, 0.3) is 0 Å². The Bertz CT molecular complexity index is 1000. The van der Waals surface area contributed by atoms with Crippen LogP contribution in [0, 0.1) is 0 Å². The fourth-order valence-electron chi connectivity index (χ4n) is 9.64. The van der Waals surface area contributed by atoms with Crippen molar-refractivity contribution in [2.24, 2.45) is 0 Å². The highest BCUT2D eigenvalue weighted by Gasteiger charge is 2.20. The first-order chi connectivity index (χ1) is 33.0. The molecule has 6 nitrogen and oxygen atoms in total. The van der Waals surface area contributed by atoms with Gasteiger partial charge in [0.1, 0.15) is 0 Å². The SMILES string of the molecule is CCCCCCCCCCCCCCCCCCCCC(O)C(CO)NC(=O)CCCCCCCCC/C=C\CCCCCCCCCCCCOC(=O)CCCCCCCCCCCCC. The summed E-state index contributed by atoms with van der Waals surface area (Å²) in [4.78, 5) is 24.5. The second-order valence-electron chi connectivity index (χ2n) is 21.0. The van der Waals surface area contributed by atoms with Crippen molar-refractivity contribution in [1.82, 2.24) is 5.32 Å². The monoisotopic (exact) mass is 946 g/mol. The Hall–Kier alpha value is -1.40. The van der Waals surface area contributed by atoms with Crippen molar-refractivity contribution < 1.29 is 24.5 Å². The molecule has 0 saturated heterocycles. The van der Waals surface area contributed by atoms with E-state index in [1.807, 2.05) is 0 Å². The number of allylic oxidation sites excluding steroid dienone is 2. The first kappa shape index (κ1) is 65.6. The van der Waals surface area contributed by atoms with Crippen molar-refractivity contribution >= 4 is 11.9 Å². The van der Waals surface area contributed by atoms with Gasteiger partial charge in [-0.1, -0.05) is 289 Å². The molecule has 3 N–H and O–H groups in total. The normalized spacial score (nSPS) is 12.6. The van der Waals surface area contributed by atoms with Crippen LogP contribution in [-0.2, 0) is 14.3 Å². The lowest BCUT2D eigenvalue weighted by molar-refractivity contribution is -0.143. The number of esters is 1. The molecule has 0 aliphatic carbocycles. The molecule has 0 aliphatic rings. The molecule has 0 aromatic heterocycles. The molecule has 0 saturated carbocycles. The average molecular weight is 947 g/mol. The van der Waals surface area contributed by atoms with Gasteiger partial charge in [0, 0.05) is 12.8 Å². The number of carbonyl (C=O) groups is 2. The lowest BCUT2D eigenvalue weighted by Gasteiger charge is -2.22. The van der Waals surface area contributed by atoms with Crippen LogP contribution in [0.25, 0.3) is 0 Å². The topological polar surface area (TPSA) is 95.9 Å². The van der Waals surface area contributed by atoms with E-state index in [1.165, 1.54) is 270 Å². The lowest BCUT2D eigenvalue weighted by atomic mass is 10.0. The molecule has 0 spiro atoms. The van der Waals surface area contributed by atoms with Gasteiger partial charge in [-0.05, 0) is 51.4 Å². The van der Waals surface area contributed by atoms with E-state index in [0.717, 1.165) is 38.5 Å². The minimum absolute atomic E-state index is 0.00857. The van der Waals surface area contributed by atoms with E-state index in [1.54, 1.807) is 0 Å². The number of unbranched alkanes of at least 4 members (excludes halogenated alkanes) is 44. The molecule has 0 radical (unpaired) electrons. The number of ether oxygens (including phenoxy) is 1. The number of aliphatic hydroxyl groups excluding tert-OH is 2. The Morgan fingerprint density at radius 2 is 0.701 bits per heavy atom. The summed E-state index contributed by atoms with van der Waals surface area (Å²) in [6, 6.07) is -0.546. The maximum Gasteiger partial charge on any atom is 0.305 e. The molecule has 1 amide bonds. The Labute approximate surface area is 419 Å². The summed E-state index contributed by atoms with van der Waals surface area (Å²) in [7, 11) is 0. The quantitative estimate of drug-likeness (QED) is 0.0321. The van der Waals surface area contributed by atoms with Gasteiger partial charge in [0.05, 0.1) is 25.4 Å². The second kappa shape index (κ2) is 57.2. The standard InChI is InChI=1S/C61H119NO5/c1-3-5-7-9-11-13-15-16-17-18-24-27-30-34-37-41-45-49-53-59(64)58(57-63)62-60(65)54-50-46-42-38-35-31-28-25-22-20-19-21-23-26-29-32-36-40-44-48-52-56-67-61(66)55-51-47-43-39-33-14-12-10-8-6-4-2/h20,22,58-59,63-64H,3-19,21,23-57H2,1-2H3,(H,62,65)/b22-20-. The molecule has 2 unspecified atom stereocenters. The Balaban J connectivity index is 3.43. The maximum atomic E-state index is 12.5. The molecule has 0 aromatic rings. The first-order valence-electron chi connectivity index (χ1n) is 30.4. The van der Waals surface area contributed by atoms with Crippen LogP contribution in [0.15, 0.2) is 12.2 Å². The van der Waals surface area contributed by atoms with Gasteiger partial charge in [0.2, 0.25) is 5.91 Å². The van der Waals surface area contributed by atoms with Gasteiger partial charge in [-0.3, -0.25) is 9.59 Å². The van der Waals surface area contributed by atoms with Crippen LogP contribution in [0.5, 0.6) is 0 Å². The zero-order chi connectivity index (χ0) is 48.6. The maximum absolute atomic E-state index is 12.5. The van der Waals surface area contributed by atoms with Gasteiger partial charge < -0.3 is 20.3 Å². The minimum Gasteiger partial charge on any atom is -0.466 e. The first-order valence-corrected chi connectivity index (χ1v) is 30.4. The number of aliphatic hydroxyl groups is 2. The lowest BCUT2D eigenvalue weighted by Crippen LogP contribution is -2.45. The molecule has 0 aliphatic heterocycles. The molecule has 0 aromatic carbocycles. The summed E-state index contributed by atoms with van der Waals surface area (Å²) in [5, 5.41) is 23.3. The highest BCUT2D eigenvalue weighted by molar-refractivity contribution is 5.76. The van der Waals surface area contributed by atoms with Crippen LogP contribution in [0.4, 0.5) is 0 Å². The van der Waals surface area contributed by atoms with E-state index in [0.29, 0.717) is 25.9 Å². The van der Waals surface area contributed by atoms with E-state index in [2.05, 4.69) is 31.3 Å². The van der Waals surface area contributed by atoms with E-state index in [9.17, 15) is 19.8 Å². The van der Waals surface area contributed by atoms with Crippen molar-refractivity contribution in [3.05, 3.63) is 12.2 Å². The van der Waals surface area contributed by atoms with Gasteiger partial charge in [-0.2, -0.15) is 0 Å². The summed E-state index contributed by atoms with van der Waals surface area (Å²) in [5.41, 5.74) is 0. The molecule has 67 heavy (non-hydrogen) atoms. The molecule has 2 atom stereocenters. The van der Waals surface area contributed by atoms with Crippen molar-refractivity contribution in [1.29, 1.82) is 0 Å². The minimum atomic E-state index is -0.669. The van der Waals surface area contributed by atoms with E-state index in [4.69, 9.17) is 4.74 Å². The molecule has 0 rings (SSSR count). The fraction of sp³-hybridized carbons (Fsp3) is 0.934. The molecule has 0 heterocycles. The zero-order valence-corrected chi connectivity index (χ0v) is 45.4. The largest absolute Gasteiger partial charge is 0.466 e. The third-order valence-electron chi connectivity index (χ3n) is 14.3. The molecule has 0 fully saturated rings. The summed E-state index contributed by atoms with van der Waals surface area (Å²) in [6.07, 6.45) is 67.8. The smallest absolute Gasteiger partial charge is 0.305 e. The molecular weight excluding hydrogens is 827 g/mol. The molecular formula is C61H119NO5. The Kier molecular flexibility index (Phi) is 56.0. The average Bonchev–Trinajstić information content (AvgIpc) is 3.33. The number of hydrogen-bond acceptors (Lipinski definition) is 5. The van der Waals surface area contributed by atoms with Crippen molar-refractivity contribution in [2.45, 2.75) is 353 Å². The number of carbonyl (C=O) groups excluding carboxylic acids is 2. The number of rotatable bonds is 57. The van der Waals surface area contributed by atoms with Crippen molar-refractivity contribution in [2.75, 3.05) is 13.2 Å². The predicted octanol–water partition coefficient (Wildman–Crippen LogP) is 18.9. The predicted molar refractivity (Wildman–Crippen MR) is 292 cm³/mol. The zero-order valence-electron chi connectivity index (χ0n) is 45.4. The van der Waals surface area contributed by atoms with Crippen LogP contribution in [-0.4, -0.2) is 47.4 Å². The van der Waals surface area contributed by atoms with Gasteiger partial charge in [-0.15, -0.1) is 0 Å². The Morgan fingerprint density at radius 3 is 1.06 bits per heavy atom. The van der Waals surface area contributed by atoms with Crippen LogP contribution >= 0.6 is 0 Å². The highest BCUT2D eigenvalue weighted by atomic mass is 16.5. The van der Waals surface area contributed by atoms with E-state index in [-0.39, 0.29) is 18.5 Å². The Morgan fingerprint density at radius 1 is 0.403 bits per heavy atom. The number of hydrogen-bond donors (Lipinski definition) is 3. The summed E-state index contributed by atoms with van der Waals surface area (Å²) < 4.78 is 5.46. The van der Waals surface area contributed by atoms with Crippen LogP contribution in [0.2, 0.25) is 0 Å². The van der Waals surface area contributed by atoms with Gasteiger partial charge in [-0.25, -0.2) is 0 Å². The van der Waals surface area contributed by atoms with Crippen LogP contribution in [0.3, 0.4) is 0 Å². The second-order valence-corrected chi connectivity index (χ2v) is 21.0. The van der Waals surface area contributed by atoms with Crippen molar-refractivity contribution in [3.63, 3.8) is 0 Å². The van der Waals surface area contributed by atoms with E-state index >= 15 is 0 Å². The third-order valence-corrected chi connectivity index (χ3v) is 14.3. The van der Waals surface area contributed by atoms with Crippen molar-refractivity contribution in [3.8, 4) is 0 Å². The highest BCUT2D eigenvalue weighted by Crippen LogP contribution is 2.18. The fourth-order valence-corrected chi connectivity index (χ4v) is 9.64. The van der Waals surface area contributed by atoms with Crippen LogP contribution < -0.4 is 5.32 Å². The number of amides is 1. The van der Waals surface area contributed by atoms with Crippen LogP contribution in [0.1, 0.15) is 341 Å². The third kappa shape index (κ3) is 53.8. The van der Waals surface area contributed by atoms with Gasteiger partial charge >= 0.3 is 5.97 Å². The molecule has 0 bridgehead atoms. The summed E-state index contributed by atoms with van der Waals surface area (Å²) >= 11 is 0. The summed E-state index contributed by atoms with van der Waals surface area (Å²) in [5.74, 6) is -0.0310. The van der Waals surface area contributed by atoms with E-state index < -0.39 is 12.1 Å². The number of nitrogens with one attached hydrogen (secondary N) is 1. The summed E-state index contributed by atoms with van der Waals surface area (Å²) in [6.45, 7) is 4.97. The molecule has 6 heteroatoms.